The minimum absolute atomic E-state index is 0.637. The number of hydrogen-bond donors (Lipinski definition) is 0. The highest BCUT2D eigenvalue weighted by molar-refractivity contribution is 5.74. The highest BCUT2D eigenvalue weighted by Gasteiger charge is 2.39. The second-order valence-corrected chi connectivity index (χ2v) is 4.64. The van der Waals surface area contributed by atoms with E-state index >= 15 is 0 Å². The van der Waals surface area contributed by atoms with Crippen molar-refractivity contribution in [2.24, 2.45) is 0 Å². The Morgan fingerprint density at radius 2 is 1.41 bits per heavy atom. The fraction of sp³-hybridized carbons (Fsp3) is 0.188. The van der Waals surface area contributed by atoms with Gasteiger partial charge in [0.25, 0.3) is 0 Å². The highest BCUT2D eigenvalue weighted by atomic mass is 16.1. The molecule has 0 N–H and O–H groups in total. The van der Waals surface area contributed by atoms with Crippen LogP contribution in [0.2, 0.25) is 0 Å². The third-order valence-electron chi connectivity index (χ3n) is 3.52. The van der Waals surface area contributed by atoms with Gasteiger partial charge in [-0.3, -0.25) is 4.79 Å². The molecule has 0 bridgehead atoms. The van der Waals surface area contributed by atoms with Crippen molar-refractivity contribution in [1.82, 2.24) is 0 Å². The Hall–Kier alpha value is -1.89. The first-order valence-corrected chi connectivity index (χ1v) is 5.98. The van der Waals surface area contributed by atoms with Crippen molar-refractivity contribution < 1.29 is 4.79 Å². The molecule has 2 aromatic rings. The summed E-state index contributed by atoms with van der Waals surface area (Å²) in [6.07, 6.45) is 2.12. The van der Waals surface area contributed by atoms with Gasteiger partial charge in [-0.15, -0.1) is 0 Å². The maximum atomic E-state index is 10.6. The topological polar surface area (TPSA) is 17.1 Å². The van der Waals surface area contributed by atoms with E-state index in [1.807, 2.05) is 12.1 Å². The summed E-state index contributed by atoms with van der Waals surface area (Å²) < 4.78 is 0. The molecule has 1 aliphatic rings. The van der Waals surface area contributed by atoms with Crippen molar-refractivity contribution in [2.45, 2.75) is 18.3 Å². The largest absolute Gasteiger partial charge is 0.298 e. The Morgan fingerprint density at radius 1 is 0.824 bits per heavy atom. The Kier molecular flexibility index (Phi) is 2.52. The number of benzene rings is 2. The van der Waals surface area contributed by atoms with Gasteiger partial charge < -0.3 is 0 Å². The molecule has 0 heterocycles. The summed E-state index contributed by atoms with van der Waals surface area (Å²) in [5.41, 5.74) is 3.53. The molecule has 2 atom stereocenters. The van der Waals surface area contributed by atoms with Gasteiger partial charge in [-0.25, -0.2) is 0 Å². The molecule has 0 unspecified atom stereocenters. The van der Waals surface area contributed by atoms with E-state index in [-0.39, 0.29) is 0 Å². The lowest BCUT2D eigenvalue weighted by atomic mass is 10.0. The van der Waals surface area contributed by atoms with Gasteiger partial charge in [-0.1, -0.05) is 54.6 Å². The molecule has 2 aromatic carbocycles. The number of carbonyl (C=O) groups is 1. The Bertz CT molecular complexity index is 513. The predicted molar refractivity (Wildman–Crippen MR) is 68.4 cm³/mol. The number of carbonyl (C=O) groups excluding carboxylic acids is 1. The molecule has 0 saturated heterocycles. The first-order chi connectivity index (χ1) is 8.38. The van der Waals surface area contributed by atoms with Crippen LogP contribution in [0.3, 0.4) is 0 Å². The van der Waals surface area contributed by atoms with Crippen LogP contribution in [-0.2, 0) is 0 Å². The van der Waals surface area contributed by atoms with Gasteiger partial charge >= 0.3 is 0 Å². The summed E-state index contributed by atoms with van der Waals surface area (Å²) in [4.78, 5) is 10.6. The second kappa shape index (κ2) is 4.17. The van der Waals surface area contributed by atoms with E-state index in [1.54, 1.807) is 0 Å². The van der Waals surface area contributed by atoms with Crippen LogP contribution < -0.4 is 0 Å². The number of rotatable bonds is 3. The third-order valence-corrected chi connectivity index (χ3v) is 3.52. The van der Waals surface area contributed by atoms with Gasteiger partial charge in [0.2, 0.25) is 0 Å². The zero-order valence-corrected chi connectivity index (χ0v) is 9.54. The van der Waals surface area contributed by atoms with E-state index in [9.17, 15) is 4.79 Å². The molecule has 1 nitrogen and oxygen atoms in total. The fourth-order valence-electron chi connectivity index (χ4n) is 2.45. The van der Waals surface area contributed by atoms with Crippen LogP contribution >= 0.6 is 0 Å². The summed E-state index contributed by atoms with van der Waals surface area (Å²) in [6.45, 7) is 0. The van der Waals surface area contributed by atoms with Crippen LogP contribution in [0.1, 0.15) is 39.7 Å². The maximum absolute atomic E-state index is 10.6. The van der Waals surface area contributed by atoms with Crippen LogP contribution in [0.4, 0.5) is 0 Å². The summed E-state index contributed by atoms with van der Waals surface area (Å²) in [7, 11) is 0. The van der Waals surface area contributed by atoms with Crippen LogP contribution in [0.15, 0.2) is 54.6 Å². The predicted octanol–water partition coefficient (Wildman–Crippen LogP) is 3.77. The summed E-state index contributed by atoms with van der Waals surface area (Å²) in [5, 5.41) is 0. The van der Waals surface area contributed by atoms with Crippen molar-refractivity contribution in [3.05, 3.63) is 71.3 Å². The SMILES string of the molecule is O=Cc1ccc([C@@H]2C[C@H]2c2ccccc2)cc1. The van der Waals surface area contributed by atoms with Crippen LogP contribution in [-0.4, -0.2) is 6.29 Å². The minimum atomic E-state index is 0.637. The molecule has 1 aliphatic carbocycles. The quantitative estimate of drug-likeness (QED) is 0.722. The average Bonchev–Trinajstić information content (AvgIpc) is 3.20. The van der Waals surface area contributed by atoms with Crippen molar-refractivity contribution in [2.75, 3.05) is 0 Å². The molecule has 0 spiro atoms. The average molecular weight is 222 g/mol. The van der Waals surface area contributed by atoms with Crippen LogP contribution in [0.5, 0.6) is 0 Å². The molecule has 1 heteroatoms. The molecule has 0 amide bonds. The molecular weight excluding hydrogens is 208 g/mol. The van der Waals surface area contributed by atoms with Crippen molar-refractivity contribution in [3.8, 4) is 0 Å². The monoisotopic (exact) mass is 222 g/mol. The normalized spacial score (nSPS) is 22.1. The first kappa shape index (κ1) is 10.3. The Balaban J connectivity index is 1.78. The Morgan fingerprint density at radius 3 is 2.00 bits per heavy atom. The van der Waals surface area contributed by atoms with Gasteiger partial charge in [-0.05, 0) is 29.4 Å². The van der Waals surface area contributed by atoms with E-state index in [2.05, 4.69) is 42.5 Å². The van der Waals surface area contributed by atoms with E-state index in [0.717, 1.165) is 11.8 Å². The lowest BCUT2D eigenvalue weighted by Gasteiger charge is -2.01. The van der Waals surface area contributed by atoms with Gasteiger partial charge in [0.05, 0.1) is 0 Å². The molecule has 1 saturated carbocycles. The number of aldehydes is 1. The van der Waals surface area contributed by atoms with Crippen molar-refractivity contribution in [3.63, 3.8) is 0 Å². The molecule has 0 aliphatic heterocycles. The van der Waals surface area contributed by atoms with E-state index in [4.69, 9.17) is 0 Å². The smallest absolute Gasteiger partial charge is 0.150 e. The van der Waals surface area contributed by atoms with Gasteiger partial charge in [0.1, 0.15) is 6.29 Å². The molecule has 0 aromatic heterocycles. The van der Waals surface area contributed by atoms with Gasteiger partial charge in [0.15, 0.2) is 0 Å². The second-order valence-electron chi connectivity index (χ2n) is 4.64. The minimum Gasteiger partial charge on any atom is -0.298 e. The first-order valence-electron chi connectivity index (χ1n) is 5.98. The molecule has 17 heavy (non-hydrogen) atoms. The van der Waals surface area contributed by atoms with Gasteiger partial charge in [0, 0.05) is 5.56 Å². The van der Waals surface area contributed by atoms with Crippen LogP contribution in [0.25, 0.3) is 0 Å². The number of hydrogen-bond acceptors (Lipinski definition) is 1. The maximum Gasteiger partial charge on any atom is 0.150 e. The summed E-state index contributed by atoms with van der Waals surface area (Å²) in [6, 6.07) is 18.6. The van der Waals surface area contributed by atoms with E-state index in [0.29, 0.717) is 11.8 Å². The molecular formula is C16H14O. The zero-order valence-electron chi connectivity index (χ0n) is 9.54. The summed E-state index contributed by atoms with van der Waals surface area (Å²) in [5.74, 6) is 1.30. The fourth-order valence-corrected chi connectivity index (χ4v) is 2.45. The lowest BCUT2D eigenvalue weighted by Crippen LogP contribution is -1.85. The lowest BCUT2D eigenvalue weighted by molar-refractivity contribution is 0.112. The van der Waals surface area contributed by atoms with Gasteiger partial charge in [-0.2, -0.15) is 0 Å². The third kappa shape index (κ3) is 2.01. The van der Waals surface area contributed by atoms with Crippen LogP contribution in [0, 0.1) is 0 Å². The molecule has 84 valence electrons. The van der Waals surface area contributed by atoms with E-state index < -0.39 is 0 Å². The van der Waals surface area contributed by atoms with Crippen molar-refractivity contribution in [1.29, 1.82) is 0 Å². The Labute approximate surface area is 101 Å². The molecule has 1 fully saturated rings. The van der Waals surface area contributed by atoms with E-state index in [1.165, 1.54) is 17.5 Å². The standard InChI is InChI=1S/C16H14O/c17-11-12-6-8-14(9-7-12)16-10-15(16)13-4-2-1-3-5-13/h1-9,11,15-16H,10H2/t15-,16-/m0/s1. The molecule has 0 radical (unpaired) electrons. The summed E-state index contributed by atoms with van der Waals surface area (Å²) >= 11 is 0. The van der Waals surface area contributed by atoms with Crippen molar-refractivity contribution >= 4 is 6.29 Å². The zero-order chi connectivity index (χ0) is 11.7. The molecule has 3 rings (SSSR count). The highest BCUT2D eigenvalue weighted by Crippen LogP contribution is 2.54.